The van der Waals surface area contributed by atoms with Crippen LogP contribution in [0.2, 0.25) is 0 Å². The fourth-order valence-electron chi connectivity index (χ4n) is 4.98. The first-order valence-corrected chi connectivity index (χ1v) is 13.0. The van der Waals surface area contributed by atoms with Crippen LogP contribution >= 0.6 is 0 Å². The number of halogens is 1. The number of allylic oxidation sites excluding steroid dienone is 2. The molecule has 8 nitrogen and oxygen atoms in total. The average Bonchev–Trinajstić information content (AvgIpc) is 3.60. The molecule has 1 atom stereocenters. The lowest BCUT2D eigenvalue weighted by atomic mass is 9.97. The molecule has 1 aliphatic rings. The molecule has 2 heterocycles. The molecule has 0 spiro atoms. The molecule has 0 fully saturated rings. The summed E-state index contributed by atoms with van der Waals surface area (Å²) >= 11 is 0. The minimum atomic E-state index is -0.812. The van der Waals surface area contributed by atoms with Crippen LogP contribution in [0.5, 0.6) is 17.2 Å². The van der Waals surface area contributed by atoms with Crippen molar-refractivity contribution in [3.8, 4) is 17.2 Å². The van der Waals surface area contributed by atoms with Gasteiger partial charge in [0.25, 0.3) is 0 Å². The van der Waals surface area contributed by atoms with Gasteiger partial charge in [0.05, 0.1) is 27.0 Å². The normalized spacial score (nSPS) is 14.2. The van der Waals surface area contributed by atoms with E-state index in [-0.39, 0.29) is 29.7 Å². The molecule has 1 aliphatic carbocycles. The highest BCUT2D eigenvalue weighted by Crippen LogP contribution is 2.45. The smallest absolute Gasteiger partial charge is 0.242 e. The first-order valence-electron chi connectivity index (χ1n) is 13.0. The van der Waals surface area contributed by atoms with Gasteiger partial charge in [-0.05, 0) is 101 Å². The Morgan fingerprint density at radius 3 is 2.44 bits per heavy atom. The number of rotatable bonds is 10. The topological polar surface area (TPSA) is 106 Å². The van der Waals surface area contributed by atoms with E-state index in [1.807, 2.05) is 25.1 Å². The number of nitrogens with one attached hydrogen (secondary N) is 2. The van der Waals surface area contributed by atoms with Gasteiger partial charge < -0.3 is 24.3 Å². The van der Waals surface area contributed by atoms with Crippen molar-refractivity contribution in [3.63, 3.8) is 0 Å². The van der Waals surface area contributed by atoms with E-state index in [0.717, 1.165) is 22.3 Å². The van der Waals surface area contributed by atoms with Gasteiger partial charge in [-0.15, -0.1) is 0 Å². The SMILES string of the molecule is COc1cc(/C=C2/C(C)=C(C(NCc3ccncc3)C(=O)NCc3ccco3)c3cc(F)ccc32)cc(OC)c1O. The molecule has 0 aliphatic heterocycles. The Balaban J connectivity index is 1.59. The van der Waals surface area contributed by atoms with Gasteiger partial charge in [0.15, 0.2) is 11.5 Å². The minimum Gasteiger partial charge on any atom is -0.502 e. The zero-order valence-corrected chi connectivity index (χ0v) is 22.9. The van der Waals surface area contributed by atoms with E-state index in [0.29, 0.717) is 29.0 Å². The van der Waals surface area contributed by atoms with Gasteiger partial charge in [-0.25, -0.2) is 4.39 Å². The van der Waals surface area contributed by atoms with Crippen LogP contribution in [0, 0.1) is 5.82 Å². The number of furan rings is 1. The van der Waals surface area contributed by atoms with Crippen molar-refractivity contribution < 1.29 is 28.2 Å². The number of hydrogen-bond acceptors (Lipinski definition) is 7. The summed E-state index contributed by atoms with van der Waals surface area (Å²) in [6, 6.07) is 14.4. The molecule has 2 aromatic heterocycles. The number of phenolic OH excluding ortho intramolecular Hbond substituents is 1. The maximum absolute atomic E-state index is 14.7. The van der Waals surface area contributed by atoms with Crippen LogP contribution in [0.25, 0.3) is 17.2 Å². The van der Waals surface area contributed by atoms with Crippen LogP contribution in [-0.2, 0) is 17.9 Å². The minimum absolute atomic E-state index is 0.104. The van der Waals surface area contributed by atoms with Gasteiger partial charge in [-0.3, -0.25) is 15.1 Å². The highest BCUT2D eigenvalue weighted by atomic mass is 19.1. The van der Waals surface area contributed by atoms with E-state index < -0.39 is 11.9 Å². The molecule has 0 radical (unpaired) electrons. The van der Waals surface area contributed by atoms with Gasteiger partial charge >= 0.3 is 0 Å². The van der Waals surface area contributed by atoms with Crippen LogP contribution in [-0.4, -0.2) is 36.3 Å². The van der Waals surface area contributed by atoms with Crippen LogP contribution in [0.1, 0.15) is 34.9 Å². The summed E-state index contributed by atoms with van der Waals surface area (Å²) < 4.78 is 30.7. The number of aromatic hydroxyl groups is 1. The summed E-state index contributed by atoms with van der Waals surface area (Å²) in [5.74, 6) is 0.328. The highest BCUT2D eigenvalue weighted by Gasteiger charge is 2.33. The number of pyridine rings is 1. The third-order valence-corrected chi connectivity index (χ3v) is 7.01. The number of hydrogen-bond donors (Lipinski definition) is 3. The summed E-state index contributed by atoms with van der Waals surface area (Å²) in [6.45, 7) is 2.50. The van der Waals surface area contributed by atoms with Crippen molar-refractivity contribution in [1.29, 1.82) is 0 Å². The van der Waals surface area contributed by atoms with Crippen molar-refractivity contribution >= 4 is 23.1 Å². The molecule has 41 heavy (non-hydrogen) atoms. The fourth-order valence-corrected chi connectivity index (χ4v) is 4.98. The number of aromatic nitrogens is 1. The van der Waals surface area contributed by atoms with Crippen molar-refractivity contribution in [1.82, 2.24) is 15.6 Å². The van der Waals surface area contributed by atoms with E-state index >= 15 is 0 Å². The van der Waals surface area contributed by atoms with Crippen LogP contribution < -0.4 is 20.1 Å². The highest BCUT2D eigenvalue weighted by molar-refractivity contribution is 6.11. The number of carbonyl (C=O) groups is 1. The molecule has 1 amide bonds. The van der Waals surface area contributed by atoms with Crippen molar-refractivity contribution in [2.24, 2.45) is 0 Å². The summed E-state index contributed by atoms with van der Waals surface area (Å²) in [6.07, 6.45) is 6.83. The Labute approximate surface area is 237 Å². The fraction of sp³-hybridized carbons (Fsp3) is 0.188. The number of methoxy groups -OCH3 is 2. The molecule has 0 bridgehead atoms. The van der Waals surface area contributed by atoms with E-state index in [9.17, 15) is 14.3 Å². The quantitative estimate of drug-likeness (QED) is 0.243. The lowest BCUT2D eigenvalue weighted by Crippen LogP contribution is -2.44. The van der Waals surface area contributed by atoms with Gasteiger partial charge in [0, 0.05) is 18.9 Å². The molecule has 4 aromatic rings. The maximum atomic E-state index is 14.7. The Morgan fingerprint density at radius 1 is 1.05 bits per heavy atom. The number of ether oxygens (including phenoxy) is 2. The number of nitrogens with zero attached hydrogens (tertiary/aromatic N) is 1. The van der Waals surface area contributed by atoms with E-state index in [4.69, 9.17) is 13.9 Å². The maximum Gasteiger partial charge on any atom is 0.242 e. The Morgan fingerprint density at radius 2 is 1.78 bits per heavy atom. The van der Waals surface area contributed by atoms with Crippen molar-refractivity contribution in [3.05, 3.63) is 113 Å². The Hall–Kier alpha value is -4.89. The molecule has 9 heteroatoms. The third kappa shape index (κ3) is 5.85. The first kappa shape index (κ1) is 27.7. The summed E-state index contributed by atoms with van der Waals surface area (Å²) in [7, 11) is 2.92. The lowest BCUT2D eigenvalue weighted by Gasteiger charge is -2.21. The number of amides is 1. The molecule has 2 aromatic carbocycles. The summed E-state index contributed by atoms with van der Waals surface area (Å²) in [5.41, 5.74) is 5.31. The molecule has 210 valence electrons. The van der Waals surface area contributed by atoms with Gasteiger partial charge in [-0.1, -0.05) is 6.07 Å². The molecular formula is C32H30FN3O5. The molecule has 5 rings (SSSR count). The summed E-state index contributed by atoms with van der Waals surface area (Å²) in [4.78, 5) is 17.8. The van der Waals surface area contributed by atoms with E-state index in [1.54, 1.807) is 49.0 Å². The standard InChI is InChI=1S/C32H30FN3O5/c1-19-25(13-21-14-27(39-2)31(37)28(15-21)40-3)24-7-6-22(33)16-26(24)29(19)30(35-17-20-8-10-34-11-9-20)32(38)36-18-23-5-4-12-41-23/h4-16,30,35,37H,17-18H2,1-3H3,(H,36,38)/b25-13-. The zero-order valence-electron chi connectivity index (χ0n) is 22.9. The van der Waals surface area contributed by atoms with E-state index in [1.165, 1.54) is 26.4 Å². The predicted octanol–water partition coefficient (Wildman–Crippen LogP) is 5.34. The van der Waals surface area contributed by atoms with Gasteiger partial charge in [0.2, 0.25) is 11.7 Å². The molecular weight excluding hydrogens is 525 g/mol. The second-order valence-electron chi connectivity index (χ2n) is 9.53. The number of phenols is 1. The number of benzene rings is 2. The van der Waals surface area contributed by atoms with Crippen LogP contribution in [0.4, 0.5) is 4.39 Å². The second-order valence-corrected chi connectivity index (χ2v) is 9.53. The monoisotopic (exact) mass is 555 g/mol. The summed E-state index contributed by atoms with van der Waals surface area (Å²) in [5, 5.41) is 16.7. The van der Waals surface area contributed by atoms with E-state index in [2.05, 4.69) is 15.6 Å². The lowest BCUT2D eigenvalue weighted by molar-refractivity contribution is -0.122. The van der Waals surface area contributed by atoms with Crippen molar-refractivity contribution in [2.75, 3.05) is 14.2 Å². The van der Waals surface area contributed by atoms with Gasteiger partial charge in [-0.2, -0.15) is 0 Å². The van der Waals surface area contributed by atoms with Gasteiger partial charge in [0.1, 0.15) is 17.6 Å². The molecule has 0 saturated carbocycles. The second kappa shape index (κ2) is 12.1. The van der Waals surface area contributed by atoms with Crippen molar-refractivity contribution in [2.45, 2.75) is 26.1 Å². The predicted molar refractivity (Wildman–Crippen MR) is 153 cm³/mol. The van der Waals surface area contributed by atoms with Crippen LogP contribution in [0.15, 0.2) is 83.2 Å². The Bertz CT molecular complexity index is 1590. The molecule has 3 N–H and O–H groups in total. The Kier molecular flexibility index (Phi) is 8.16. The third-order valence-electron chi connectivity index (χ3n) is 7.01. The number of fused-ring (bicyclic) bond motifs is 1. The number of carbonyl (C=O) groups excluding carboxylic acids is 1. The zero-order chi connectivity index (χ0) is 28.9. The molecule has 0 saturated heterocycles. The average molecular weight is 556 g/mol. The molecule has 1 unspecified atom stereocenters. The largest absolute Gasteiger partial charge is 0.502 e. The van der Waals surface area contributed by atoms with Crippen LogP contribution in [0.3, 0.4) is 0 Å². The first-order chi connectivity index (χ1) is 19.9.